The Morgan fingerprint density at radius 2 is 2.00 bits per heavy atom. The molecule has 1 N–H and O–H groups in total. The van der Waals surface area contributed by atoms with Crippen LogP contribution in [0.1, 0.15) is 29.7 Å². The molecule has 0 aliphatic rings. The maximum absolute atomic E-state index is 4.06. The van der Waals surface area contributed by atoms with Crippen molar-refractivity contribution < 1.29 is 0 Å². The van der Waals surface area contributed by atoms with Gasteiger partial charge in [0, 0.05) is 0 Å². The highest BCUT2D eigenvalue weighted by atomic mass is 15.3. The predicted octanol–water partition coefficient (Wildman–Crippen LogP) is 2.46. The van der Waals surface area contributed by atoms with E-state index in [1.54, 1.807) is 6.20 Å². The number of aromatic nitrogens is 3. The van der Waals surface area contributed by atoms with Crippen LogP contribution >= 0.6 is 0 Å². The van der Waals surface area contributed by atoms with Crippen LogP contribution in [0.4, 0.5) is 0 Å². The topological polar surface area (TPSA) is 41.6 Å². The van der Waals surface area contributed by atoms with Gasteiger partial charge in [-0.2, -0.15) is 15.4 Å². The van der Waals surface area contributed by atoms with Crippen molar-refractivity contribution in [3.63, 3.8) is 0 Å². The monoisotopic (exact) mass is 201 g/mol. The van der Waals surface area contributed by atoms with Crippen molar-refractivity contribution >= 4 is 0 Å². The van der Waals surface area contributed by atoms with Crippen molar-refractivity contribution in [1.29, 1.82) is 0 Å². The zero-order valence-corrected chi connectivity index (χ0v) is 9.07. The molecular formula is C12H15N3. The molecule has 0 radical (unpaired) electrons. The molecule has 0 spiro atoms. The lowest BCUT2D eigenvalue weighted by molar-refractivity contribution is 0.735. The lowest BCUT2D eigenvalue weighted by Gasteiger charge is -2.09. The standard InChI is InChI=1S/C12H15N3/c1-9-3-5-11(6-4-9)10(2)7-12-8-13-15-14-12/h3-6,8,10H,7H2,1-2H3,(H,13,14,15). The second kappa shape index (κ2) is 4.26. The van der Waals surface area contributed by atoms with Gasteiger partial charge < -0.3 is 0 Å². The number of nitrogens with one attached hydrogen (secondary N) is 1. The third-order valence-corrected chi connectivity index (χ3v) is 2.63. The van der Waals surface area contributed by atoms with E-state index in [4.69, 9.17) is 0 Å². The number of hydrogen-bond donors (Lipinski definition) is 1. The smallest absolute Gasteiger partial charge is 0.0830 e. The van der Waals surface area contributed by atoms with E-state index in [1.165, 1.54) is 11.1 Å². The molecule has 0 fully saturated rings. The Morgan fingerprint density at radius 3 is 2.60 bits per heavy atom. The van der Waals surface area contributed by atoms with Crippen molar-refractivity contribution in [2.75, 3.05) is 0 Å². The van der Waals surface area contributed by atoms with Crippen LogP contribution in [-0.2, 0) is 6.42 Å². The molecule has 1 atom stereocenters. The van der Waals surface area contributed by atoms with Crippen LogP contribution in [0.15, 0.2) is 30.5 Å². The minimum atomic E-state index is 0.482. The van der Waals surface area contributed by atoms with Gasteiger partial charge in [0.2, 0.25) is 0 Å². The summed E-state index contributed by atoms with van der Waals surface area (Å²) >= 11 is 0. The molecule has 15 heavy (non-hydrogen) atoms. The van der Waals surface area contributed by atoms with Gasteiger partial charge in [-0.25, -0.2) is 0 Å². The van der Waals surface area contributed by atoms with Crippen LogP contribution in [0, 0.1) is 6.92 Å². The minimum absolute atomic E-state index is 0.482. The second-order valence-electron chi connectivity index (χ2n) is 3.98. The van der Waals surface area contributed by atoms with Crippen LogP contribution in [0.3, 0.4) is 0 Å². The van der Waals surface area contributed by atoms with Gasteiger partial charge >= 0.3 is 0 Å². The Hall–Kier alpha value is -1.64. The molecule has 3 heteroatoms. The van der Waals surface area contributed by atoms with Crippen molar-refractivity contribution in [3.8, 4) is 0 Å². The SMILES string of the molecule is Cc1ccc(C(C)Cc2cn[nH]n2)cc1. The van der Waals surface area contributed by atoms with Gasteiger partial charge in [-0.05, 0) is 24.8 Å². The van der Waals surface area contributed by atoms with Gasteiger partial charge in [-0.3, -0.25) is 0 Å². The third kappa shape index (κ3) is 2.43. The first-order valence-corrected chi connectivity index (χ1v) is 5.17. The van der Waals surface area contributed by atoms with E-state index in [2.05, 4.69) is 53.5 Å². The number of aryl methyl sites for hydroxylation is 1. The van der Waals surface area contributed by atoms with Gasteiger partial charge in [0.25, 0.3) is 0 Å². The maximum Gasteiger partial charge on any atom is 0.0830 e. The molecule has 2 rings (SSSR count). The lowest BCUT2D eigenvalue weighted by atomic mass is 9.96. The van der Waals surface area contributed by atoms with Crippen LogP contribution in [0.5, 0.6) is 0 Å². The zero-order chi connectivity index (χ0) is 10.7. The summed E-state index contributed by atoms with van der Waals surface area (Å²) in [5, 5.41) is 10.5. The molecule has 0 aliphatic heterocycles. The molecule has 0 amide bonds. The molecule has 1 heterocycles. The number of benzene rings is 1. The van der Waals surface area contributed by atoms with E-state index in [1.807, 2.05) is 0 Å². The zero-order valence-electron chi connectivity index (χ0n) is 9.07. The summed E-state index contributed by atoms with van der Waals surface area (Å²) in [7, 11) is 0. The fraction of sp³-hybridized carbons (Fsp3) is 0.333. The van der Waals surface area contributed by atoms with Gasteiger partial charge in [0.1, 0.15) is 0 Å². The van der Waals surface area contributed by atoms with E-state index in [-0.39, 0.29) is 0 Å². The van der Waals surface area contributed by atoms with Crippen LogP contribution in [0.25, 0.3) is 0 Å². The summed E-state index contributed by atoms with van der Waals surface area (Å²) in [5.74, 6) is 0.482. The van der Waals surface area contributed by atoms with E-state index in [0.717, 1.165) is 12.1 Å². The Balaban J connectivity index is 2.08. The second-order valence-corrected chi connectivity index (χ2v) is 3.98. The van der Waals surface area contributed by atoms with Gasteiger partial charge in [0.05, 0.1) is 11.9 Å². The van der Waals surface area contributed by atoms with Gasteiger partial charge in [0.15, 0.2) is 0 Å². The van der Waals surface area contributed by atoms with Gasteiger partial charge in [-0.15, -0.1) is 0 Å². The quantitative estimate of drug-likeness (QED) is 0.828. The number of rotatable bonds is 3. The normalized spacial score (nSPS) is 12.7. The average molecular weight is 201 g/mol. The fourth-order valence-electron chi connectivity index (χ4n) is 1.65. The highest BCUT2D eigenvalue weighted by Crippen LogP contribution is 2.19. The molecule has 1 aromatic heterocycles. The molecule has 0 aliphatic carbocycles. The number of aromatic amines is 1. The Kier molecular flexibility index (Phi) is 2.81. The third-order valence-electron chi connectivity index (χ3n) is 2.63. The maximum atomic E-state index is 4.06. The summed E-state index contributed by atoms with van der Waals surface area (Å²) in [5.41, 5.74) is 3.67. The number of H-pyrrole nitrogens is 1. The van der Waals surface area contributed by atoms with E-state index in [0.29, 0.717) is 5.92 Å². The molecule has 0 saturated heterocycles. The summed E-state index contributed by atoms with van der Waals surface area (Å²) in [6.45, 7) is 4.31. The Morgan fingerprint density at radius 1 is 1.27 bits per heavy atom. The molecule has 1 unspecified atom stereocenters. The molecule has 2 aromatic rings. The molecule has 0 bridgehead atoms. The average Bonchev–Trinajstić information content (AvgIpc) is 2.71. The van der Waals surface area contributed by atoms with E-state index >= 15 is 0 Å². The molecular weight excluding hydrogens is 186 g/mol. The first kappa shape index (κ1) is 9.90. The summed E-state index contributed by atoms with van der Waals surface area (Å²) in [6.07, 6.45) is 2.71. The van der Waals surface area contributed by atoms with E-state index in [9.17, 15) is 0 Å². The molecule has 1 aromatic carbocycles. The first-order chi connectivity index (χ1) is 7.25. The summed E-state index contributed by atoms with van der Waals surface area (Å²) in [4.78, 5) is 0. The first-order valence-electron chi connectivity index (χ1n) is 5.17. The molecule has 3 nitrogen and oxygen atoms in total. The summed E-state index contributed by atoms with van der Waals surface area (Å²) < 4.78 is 0. The number of hydrogen-bond acceptors (Lipinski definition) is 2. The van der Waals surface area contributed by atoms with E-state index < -0.39 is 0 Å². The predicted molar refractivity (Wildman–Crippen MR) is 59.7 cm³/mol. The summed E-state index contributed by atoms with van der Waals surface area (Å²) in [6, 6.07) is 8.66. The lowest BCUT2D eigenvalue weighted by Crippen LogP contribution is -1.98. The van der Waals surface area contributed by atoms with Crippen molar-refractivity contribution in [2.45, 2.75) is 26.2 Å². The number of nitrogens with zero attached hydrogens (tertiary/aromatic N) is 2. The van der Waals surface area contributed by atoms with Crippen LogP contribution in [-0.4, -0.2) is 15.4 Å². The minimum Gasteiger partial charge on any atom is -0.198 e. The van der Waals surface area contributed by atoms with Crippen molar-refractivity contribution in [3.05, 3.63) is 47.3 Å². The highest BCUT2D eigenvalue weighted by Gasteiger charge is 2.07. The fourth-order valence-corrected chi connectivity index (χ4v) is 1.65. The Bertz CT molecular complexity index is 403. The van der Waals surface area contributed by atoms with Crippen LogP contribution < -0.4 is 0 Å². The van der Waals surface area contributed by atoms with Crippen molar-refractivity contribution in [2.24, 2.45) is 0 Å². The largest absolute Gasteiger partial charge is 0.198 e. The molecule has 0 saturated carbocycles. The Labute approximate surface area is 89.5 Å². The molecule has 78 valence electrons. The van der Waals surface area contributed by atoms with Gasteiger partial charge in [-0.1, -0.05) is 36.8 Å². The highest BCUT2D eigenvalue weighted by molar-refractivity contribution is 5.24. The van der Waals surface area contributed by atoms with Crippen LogP contribution in [0.2, 0.25) is 0 Å². The van der Waals surface area contributed by atoms with Crippen molar-refractivity contribution in [1.82, 2.24) is 15.4 Å².